The molecule has 5 rings (SSSR count). The number of carbonyl (C=O) groups excluding carboxylic acids is 3. The van der Waals surface area contributed by atoms with Crippen LogP contribution in [-0.2, 0) is 29.1 Å². The van der Waals surface area contributed by atoms with E-state index in [4.69, 9.17) is 5.84 Å². The van der Waals surface area contributed by atoms with Crippen molar-refractivity contribution < 1.29 is 14.4 Å². The summed E-state index contributed by atoms with van der Waals surface area (Å²) in [5, 5.41) is 7.67. The molecule has 2 fully saturated rings. The number of nitrogens with one attached hydrogen (secondary N) is 1. The molecule has 2 heterocycles. The van der Waals surface area contributed by atoms with Crippen LogP contribution in [0.15, 0.2) is 85.4 Å². The van der Waals surface area contributed by atoms with E-state index in [0.717, 1.165) is 27.9 Å². The highest BCUT2D eigenvalue weighted by molar-refractivity contribution is 5.92. The number of hydrogen-bond donors (Lipinski definition) is 2. The Balaban J connectivity index is 1.44. The first-order valence-electron chi connectivity index (χ1n) is 14.0. The highest BCUT2D eigenvalue weighted by Crippen LogP contribution is 2.32. The second-order valence-corrected chi connectivity index (χ2v) is 10.6. The van der Waals surface area contributed by atoms with E-state index < -0.39 is 12.2 Å². The number of nitrogens with two attached hydrogens (primary N) is 1. The molecule has 0 aliphatic carbocycles. The number of hydrogen-bond acceptors (Lipinski definition) is 6. The van der Waals surface area contributed by atoms with E-state index in [1.807, 2.05) is 78.9 Å². The quantitative estimate of drug-likeness (QED) is 0.304. The largest absolute Gasteiger partial charge is 0.333 e. The van der Waals surface area contributed by atoms with Crippen molar-refractivity contribution in [2.75, 3.05) is 32.2 Å². The molecule has 10 nitrogen and oxygen atoms in total. The number of piperazine rings is 1. The Labute approximate surface area is 246 Å². The molecule has 0 unspecified atom stereocenters. The number of urea groups is 1. The molecule has 0 saturated carbocycles. The Morgan fingerprint density at radius 3 is 2.31 bits per heavy atom. The topological polar surface area (TPSA) is 105 Å². The van der Waals surface area contributed by atoms with Crippen LogP contribution in [0.4, 0.5) is 10.5 Å². The lowest BCUT2D eigenvalue weighted by Crippen LogP contribution is -2.65. The number of hydrazine groups is 2. The zero-order valence-corrected chi connectivity index (χ0v) is 24.0. The van der Waals surface area contributed by atoms with Gasteiger partial charge in [-0.25, -0.2) is 10.6 Å². The van der Waals surface area contributed by atoms with Gasteiger partial charge in [0.15, 0.2) is 0 Å². The molecule has 0 aromatic heterocycles. The lowest BCUT2D eigenvalue weighted by atomic mass is 9.99. The van der Waals surface area contributed by atoms with Crippen LogP contribution in [0.1, 0.15) is 22.3 Å². The van der Waals surface area contributed by atoms with Gasteiger partial charge in [-0.2, -0.15) is 5.01 Å². The van der Waals surface area contributed by atoms with Crippen molar-refractivity contribution in [3.8, 4) is 0 Å². The first-order chi connectivity index (χ1) is 20.3. The zero-order valence-electron chi connectivity index (χ0n) is 24.0. The number of fused-ring (bicyclic) bond motifs is 1. The summed E-state index contributed by atoms with van der Waals surface area (Å²) < 4.78 is 0. The van der Waals surface area contributed by atoms with E-state index >= 15 is 0 Å². The Bertz CT molecular complexity index is 1450. The van der Waals surface area contributed by atoms with Gasteiger partial charge in [0.05, 0.1) is 18.8 Å². The van der Waals surface area contributed by atoms with Crippen molar-refractivity contribution >= 4 is 29.6 Å². The highest BCUT2D eigenvalue weighted by Gasteiger charge is 2.51. The summed E-state index contributed by atoms with van der Waals surface area (Å²) >= 11 is 0. The molecule has 2 atom stereocenters. The summed E-state index contributed by atoms with van der Waals surface area (Å²) in [5.74, 6) is 5.87. The summed E-state index contributed by atoms with van der Waals surface area (Å²) in [6.45, 7) is 4.79. The normalized spacial score (nSPS) is 18.5. The fourth-order valence-corrected chi connectivity index (χ4v) is 5.83. The third-order valence-corrected chi connectivity index (χ3v) is 7.89. The number of amides is 4. The van der Waals surface area contributed by atoms with Gasteiger partial charge in [-0.05, 0) is 22.3 Å². The molecular formula is C32H37N7O3. The van der Waals surface area contributed by atoms with E-state index in [0.29, 0.717) is 19.5 Å². The van der Waals surface area contributed by atoms with Crippen LogP contribution < -0.4 is 16.2 Å². The molecule has 10 heteroatoms. The molecule has 2 saturated heterocycles. The van der Waals surface area contributed by atoms with Gasteiger partial charge in [0, 0.05) is 33.6 Å². The summed E-state index contributed by atoms with van der Waals surface area (Å²) in [6.07, 6.45) is 1.59. The monoisotopic (exact) mass is 567 g/mol. The van der Waals surface area contributed by atoms with Crippen molar-refractivity contribution in [2.45, 2.75) is 31.7 Å². The number of benzene rings is 3. The summed E-state index contributed by atoms with van der Waals surface area (Å²) in [7, 11) is 3.41. The number of anilines is 1. The van der Waals surface area contributed by atoms with Gasteiger partial charge in [0.1, 0.15) is 12.2 Å². The van der Waals surface area contributed by atoms with Crippen molar-refractivity contribution in [3.63, 3.8) is 0 Å². The zero-order chi connectivity index (χ0) is 29.8. The molecule has 0 bridgehead atoms. The molecule has 3 N–H and O–H groups in total. The second-order valence-electron chi connectivity index (χ2n) is 10.6. The molecule has 3 aromatic rings. The van der Waals surface area contributed by atoms with Gasteiger partial charge in [-0.1, -0.05) is 91.5 Å². The number of nitrogens with zero attached hydrogens (tertiary/aromatic N) is 5. The van der Waals surface area contributed by atoms with Crippen molar-refractivity contribution in [2.24, 2.45) is 5.84 Å². The van der Waals surface area contributed by atoms with Crippen molar-refractivity contribution in [1.82, 2.24) is 25.1 Å². The van der Waals surface area contributed by atoms with Crippen LogP contribution >= 0.6 is 0 Å². The van der Waals surface area contributed by atoms with E-state index in [1.165, 1.54) is 10.0 Å². The average Bonchev–Trinajstić information content (AvgIpc) is 3.33. The van der Waals surface area contributed by atoms with E-state index in [-0.39, 0.29) is 30.9 Å². The molecule has 2 aliphatic heterocycles. The van der Waals surface area contributed by atoms with Gasteiger partial charge in [-0.15, -0.1) is 0 Å². The first kappa shape index (κ1) is 28.8. The van der Waals surface area contributed by atoms with Crippen LogP contribution in [-0.4, -0.2) is 77.1 Å². The number of rotatable bonds is 9. The van der Waals surface area contributed by atoms with E-state index in [2.05, 4.69) is 11.9 Å². The Morgan fingerprint density at radius 2 is 1.67 bits per heavy atom. The maximum absolute atomic E-state index is 14.1. The SMILES string of the molecule is C=Cc1cccc(CN2C[C@H]3N(C(=O)CN3N(C)C(=O)NCc3ccccc3)[C@@H](Cc3ccccc3)C2=O)c1N(C)N. The summed E-state index contributed by atoms with van der Waals surface area (Å²) in [5.41, 5.74) is 4.42. The number of carbonyl (C=O) groups is 3. The predicted octanol–water partition coefficient (Wildman–Crippen LogP) is 2.82. The van der Waals surface area contributed by atoms with Crippen LogP contribution in [0, 0.1) is 0 Å². The fourth-order valence-electron chi connectivity index (χ4n) is 5.83. The van der Waals surface area contributed by atoms with E-state index in [1.54, 1.807) is 35.0 Å². The molecule has 2 aliphatic rings. The third-order valence-electron chi connectivity index (χ3n) is 7.89. The molecule has 3 aromatic carbocycles. The molecule has 42 heavy (non-hydrogen) atoms. The standard InChI is InChI=1S/C32H37N7O3/c1-4-25-16-11-17-26(30(25)35(2)33)20-37-21-28-38(36(3)32(42)34-19-24-14-9-6-10-15-24)22-29(40)39(28)27(31(37)41)18-23-12-7-5-8-13-23/h4-17,27-28H,1,18-22,33H2,2-3H3,(H,34,42)/t27-,28+/m0/s1. The van der Waals surface area contributed by atoms with Crippen LogP contribution in [0.3, 0.4) is 0 Å². The second kappa shape index (κ2) is 12.5. The van der Waals surface area contributed by atoms with Gasteiger partial charge in [0.2, 0.25) is 11.8 Å². The third kappa shape index (κ3) is 5.86. The molecule has 4 amide bonds. The molecule has 0 radical (unpaired) electrons. The van der Waals surface area contributed by atoms with Gasteiger partial charge in [-0.3, -0.25) is 14.6 Å². The minimum atomic E-state index is -0.717. The van der Waals surface area contributed by atoms with Gasteiger partial charge in [0.25, 0.3) is 0 Å². The van der Waals surface area contributed by atoms with Crippen LogP contribution in [0.5, 0.6) is 0 Å². The van der Waals surface area contributed by atoms with Crippen LogP contribution in [0.2, 0.25) is 0 Å². The number of para-hydroxylation sites is 1. The average molecular weight is 568 g/mol. The first-order valence-corrected chi connectivity index (χ1v) is 14.0. The lowest BCUT2D eigenvalue weighted by molar-refractivity contribution is -0.157. The predicted molar refractivity (Wildman–Crippen MR) is 162 cm³/mol. The molecule has 0 spiro atoms. The minimum absolute atomic E-state index is 0.00489. The van der Waals surface area contributed by atoms with Crippen molar-refractivity contribution in [3.05, 3.63) is 108 Å². The summed E-state index contributed by atoms with van der Waals surface area (Å²) in [6, 6.07) is 24.0. The summed E-state index contributed by atoms with van der Waals surface area (Å²) in [4.78, 5) is 44.2. The lowest BCUT2D eigenvalue weighted by Gasteiger charge is -2.46. The van der Waals surface area contributed by atoms with E-state index in [9.17, 15) is 14.4 Å². The molecule has 218 valence electrons. The van der Waals surface area contributed by atoms with Crippen LogP contribution in [0.25, 0.3) is 6.08 Å². The van der Waals surface area contributed by atoms with Gasteiger partial charge < -0.3 is 20.1 Å². The Kier molecular flexibility index (Phi) is 8.56. The maximum Gasteiger partial charge on any atom is 0.332 e. The molecular weight excluding hydrogens is 530 g/mol. The fraction of sp³-hybridized carbons (Fsp3) is 0.281. The maximum atomic E-state index is 14.1. The Hall–Kier alpha value is -4.67. The highest BCUT2D eigenvalue weighted by atomic mass is 16.2. The van der Waals surface area contributed by atoms with Crippen molar-refractivity contribution in [1.29, 1.82) is 0 Å². The Morgan fingerprint density at radius 1 is 1.00 bits per heavy atom. The van der Waals surface area contributed by atoms with Gasteiger partial charge >= 0.3 is 6.03 Å². The minimum Gasteiger partial charge on any atom is -0.333 e. The smallest absolute Gasteiger partial charge is 0.332 e.